The van der Waals surface area contributed by atoms with Gasteiger partial charge in [-0.1, -0.05) is 31.4 Å². The van der Waals surface area contributed by atoms with Crippen molar-refractivity contribution in [2.24, 2.45) is 0 Å². The largest absolute Gasteiger partial charge is 0.298 e. The second-order valence-electron chi connectivity index (χ2n) is 7.79. The molecule has 0 saturated heterocycles. The normalized spacial score (nSPS) is 18.8. The predicted molar refractivity (Wildman–Crippen MR) is 105 cm³/mol. The number of anilines is 2. The average Bonchev–Trinajstić information content (AvgIpc) is 2.66. The highest BCUT2D eigenvalue weighted by Gasteiger charge is 2.31. The molecular weight excluding hydrogens is 324 g/mol. The van der Waals surface area contributed by atoms with Crippen LogP contribution in [0.25, 0.3) is 0 Å². The van der Waals surface area contributed by atoms with Crippen LogP contribution in [0.2, 0.25) is 0 Å². The van der Waals surface area contributed by atoms with Crippen LogP contribution in [0, 0.1) is 20.8 Å². The van der Waals surface area contributed by atoms with Crippen molar-refractivity contribution in [1.82, 2.24) is 14.5 Å². The molecule has 5 heteroatoms. The molecule has 138 valence electrons. The number of benzene rings is 1. The van der Waals surface area contributed by atoms with Crippen molar-refractivity contribution in [3.63, 3.8) is 0 Å². The van der Waals surface area contributed by atoms with Gasteiger partial charge in [0.2, 0.25) is 5.95 Å². The molecule has 1 aromatic carbocycles. The highest BCUT2D eigenvalue weighted by molar-refractivity contribution is 5.59. The van der Waals surface area contributed by atoms with E-state index in [1.165, 1.54) is 37.7 Å². The highest BCUT2D eigenvalue weighted by atomic mass is 16.1. The Labute approximate surface area is 155 Å². The lowest BCUT2D eigenvalue weighted by Crippen LogP contribution is -2.51. The number of hydrogen-bond donors (Lipinski definition) is 0. The third-order valence-corrected chi connectivity index (χ3v) is 5.91. The van der Waals surface area contributed by atoms with Crippen molar-refractivity contribution in [2.75, 3.05) is 11.6 Å². The second kappa shape index (κ2) is 6.88. The highest BCUT2D eigenvalue weighted by Crippen LogP contribution is 2.31. The van der Waals surface area contributed by atoms with Crippen LogP contribution in [-0.2, 0) is 6.67 Å². The fourth-order valence-corrected chi connectivity index (χ4v) is 4.22. The first-order valence-corrected chi connectivity index (χ1v) is 9.71. The smallest absolute Gasteiger partial charge is 0.259 e. The summed E-state index contributed by atoms with van der Waals surface area (Å²) in [4.78, 5) is 22.5. The SMILES string of the molecule is Cc1cccc(N2CN(C3CCCCC3)Cn3c2nc(C)c(C)c3=O)c1. The molecule has 4 rings (SSSR count). The molecule has 0 atom stereocenters. The fourth-order valence-electron chi connectivity index (χ4n) is 4.22. The molecule has 2 heterocycles. The van der Waals surface area contributed by atoms with E-state index in [0.717, 1.165) is 29.6 Å². The number of aromatic nitrogens is 2. The Kier molecular flexibility index (Phi) is 4.57. The zero-order valence-electron chi connectivity index (χ0n) is 16.0. The summed E-state index contributed by atoms with van der Waals surface area (Å²) >= 11 is 0. The quantitative estimate of drug-likeness (QED) is 0.823. The van der Waals surface area contributed by atoms with Crippen molar-refractivity contribution < 1.29 is 0 Å². The minimum Gasteiger partial charge on any atom is -0.298 e. The van der Waals surface area contributed by atoms with E-state index >= 15 is 0 Å². The van der Waals surface area contributed by atoms with E-state index in [4.69, 9.17) is 4.98 Å². The second-order valence-corrected chi connectivity index (χ2v) is 7.79. The number of aryl methyl sites for hydroxylation is 2. The first-order chi connectivity index (χ1) is 12.5. The number of rotatable bonds is 2. The van der Waals surface area contributed by atoms with E-state index in [9.17, 15) is 4.79 Å². The van der Waals surface area contributed by atoms with E-state index in [1.807, 2.05) is 18.4 Å². The molecule has 0 unspecified atom stereocenters. The van der Waals surface area contributed by atoms with Gasteiger partial charge in [-0.05, 0) is 51.3 Å². The van der Waals surface area contributed by atoms with Crippen LogP contribution in [-0.4, -0.2) is 27.2 Å². The molecule has 1 fully saturated rings. The van der Waals surface area contributed by atoms with Gasteiger partial charge in [0.15, 0.2) is 0 Å². The Hall–Kier alpha value is -2.14. The summed E-state index contributed by atoms with van der Waals surface area (Å²) < 4.78 is 1.86. The Morgan fingerprint density at radius 2 is 1.81 bits per heavy atom. The van der Waals surface area contributed by atoms with Gasteiger partial charge in [0.25, 0.3) is 5.56 Å². The van der Waals surface area contributed by atoms with Crippen LogP contribution in [0.5, 0.6) is 0 Å². The molecule has 26 heavy (non-hydrogen) atoms. The Morgan fingerprint density at radius 3 is 2.54 bits per heavy atom. The maximum Gasteiger partial charge on any atom is 0.259 e. The van der Waals surface area contributed by atoms with Gasteiger partial charge in [-0.15, -0.1) is 0 Å². The minimum atomic E-state index is 0.0886. The fraction of sp³-hybridized carbons (Fsp3) is 0.524. The van der Waals surface area contributed by atoms with E-state index in [2.05, 4.69) is 41.0 Å². The zero-order chi connectivity index (χ0) is 18.3. The van der Waals surface area contributed by atoms with Crippen LogP contribution in [0.4, 0.5) is 11.6 Å². The molecule has 5 nitrogen and oxygen atoms in total. The molecule has 1 aliphatic carbocycles. The summed E-state index contributed by atoms with van der Waals surface area (Å²) in [7, 11) is 0. The molecule has 0 N–H and O–H groups in total. The summed E-state index contributed by atoms with van der Waals surface area (Å²) in [6, 6.07) is 9.03. The lowest BCUT2D eigenvalue weighted by atomic mass is 9.94. The Morgan fingerprint density at radius 1 is 1.04 bits per heavy atom. The third-order valence-electron chi connectivity index (χ3n) is 5.91. The van der Waals surface area contributed by atoms with Gasteiger partial charge in [0.05, 0.1) is 13.3 Å². The maximum atomic E-state index is 13.0. The lowest BCUT2D eigenvalue weighted by molar-refractivity contribution is 0.107. The standard InChI is InChI=1S/C21H28N4O/c1-15-8-7-11-19(12-15)24-13-23(18-9-5-4-6-10-18)14-25-20(26)16(2)17(3)22-21(24)25/h7-8,11-12,18H,4-6,9-10,13-14H2,1-3H3. The maximum absolute atomic E-state index is 13.0. The van der Waals surface area contributed by atoms with Gasteiger partial charge in [-0.3, -0.25) is 19.2 Å². The first-order valence-electron chi connectivity index (χ1n) is 9.71. The monoisotopic (exact) mass is 352 g/mol. The van der Waals surface area contributed by atoms with Crippen LogP contribution < -0.4 is 10.5 Å². The molecular formula is C21H28N4O. The average molecular weight is 352 g/mol. The summed E-state index contributed by atoms with van der Waals surface area (Å²) in [5, 5.41) is 0. The number of fused-ring (bicyclic) bond motifs is 1. The molecule has 1 aromatic heterocycles. The molecule has 0 spiro atoms. The van der Waals surface area contributed by atoms with E-state index < -0.39 is 0 Å². The predicted octanol–water partition coefficient (Wildman–Crippen LogP) is 3.87. The van der Waals surface area contributed by atoms with Gasteiger partial charge in [-0.2, -0.15) is 0 Å². The molecule has 0 amide bonds. The van der Waals surface area contributed by atoms with Crippen LogP contribution in [0.3, 0.4) is 0 Å². The molecule has 0 bridgehead atoms. The van der Waals surface area contributed by atoms with Gasteiger partial charge in [0, 0.05) is 23.0 Å². The summed E-state index contributed by atoms with van der Waals surface area (Å²) in [6.45, 7) is 7.36. The van der Waals surface area contributed by atoms with Gasteiger partial charge < -0.3 is 0 Å². The summed E-state index contributed by atoms with van der Waals surface area (Å²) in [5.41, 5.74) is 3.99. The van der Waals surface area contributed by atoms with Crippen molar-refractivity contribution in [3.05, 3.63) is 51.4 Å². The van der Waals surface area contributed by atoms with Gasteiger partial charge in [0.1, 0.15) is 0 Å². The molecule has 1 aliphatic heterocycles. The van der Waals surface area contributed by atoms with E-state index in [1.54, 1.807) is 0 Å². The van der Waals surface area contributed by atoms with Crippen molar-refractivity contribution in [1.29, 1.82) is 0 Å². The van der Waals surface area contributed by atoms with E-state index in [-0.39, 0.29) is 5.56 Å². The lowest BCUT2D eigenvalue weighted by Gasteiger charge is -2.43. The number of nitrogens with zero attached hydrogens (tertiary/aromatic N) is 4. The van der Waals surface area contributed by atoms with Crippen LogP contribution >= 0.6 is 0 Å². The molecule has 1 saturated carbocycles. The third kappa shape index (κ3) is 3.05. The van der Waals surface area contributed by atoms with Crippen LogP contribution in [0.1, 0.15) is 48.9 Å². The van der Waals surface area contributed by atoms with Gasteiger partial charge in [-0.25, -0.2) is 4.98 Å². The minimum absolute atomic E-state index is 0.0886. The number of hydrogen-bond acceptors (Lipinski definition) is 4. The summed E-state index contributed by atoms with van der Waals surface area (Å²) in [6.07, 6.45) is 6.37. The van der Waals surface area contributed by atoms with Crippen molar-refractivity contribution in [3.8, 4) is 0 Å². The molecule has 2 aliphatic rings. The summed E-state index contributed by atoms with van der Waals surface area (Å²) in [5.74, 6) is 0.774. The first kappa shape index (κ1) is 17.3. The topological polar surface area (TPSA) is 41.4 Å². The van der Waals surface area contributed by atoms with Crippen molar-refractivity contribution >= 4 is 11.6 Å². The van der Waals surface area contributed by atoms with Crippen molar-refractivity contribution in [2.45, 2.75) is 65.6 Å². The zero-order valence-corrected chi connectivity index (χ0v) is 16.0. The molecule has 0 radical (unpaired) electrons. The Bertz CT molecular complexity index is 867. The van der Waals surface area contributed by atoms with E-state index in [0.29, 0.717) is 12.7 Å². The van der Waals surface area contributed by atoms with Crippen LogP contribution in [0.15, 0.2) is 29.1 Å². The molecule has 2 aromatic rings. The van der Waals surface area contributed by atoms with Gasteiger partial charge >= 0.3 is 0 Å². The Balaban J connectivity index is 1.81.